The maximum atomic E-state index is 6.29. The molecule has 1 heterocycles. The topological polar surface area (TPSA) is 27.1 Å². The fraction of sp³-hybridized carbons (Fsp3) is 0.533. The summed E-state index contributed by atoms with van der Waals surface area (Å²) in [5, 5.41) is -0.140. The lowest BCUT2D eigenvalue weighted by Gasteiger charge is -2.26. The molecule has 0 spiro atoms. The van der Waals surface area contributed by atoms with Crippen LogP contribution in [0.5, 0.6) is 0 Å². The Hall–Kier alpha value is -0.580. The van der Waals surface area contributed by atoms with Crippen molar-refractivity contribution >= 4 is 38.6 Å². The summed E-state index contributed by atoms with van der Waals surface area (Å²) < 4.78 is 8.99. The molecule has 1 unspecified atom stereocenters. The van der Waals surface area contributed by atoms with E-state index < -0.39 is 0 Å². The molecule has 1 aromatic carbocycles. The molecule has 5 heteroatoms. The molecule has 0 amide bonds. The van der Waals surface area contributed by atoms with E-state index in [0.29, 0.717) is 6.61 Å². The molecular weight excluding hydrogens is 340 g/mol. The molecule has 0 saturated carbocycles. The zero-order valence-corrected chi connectivity index (χ0v) is 14.6. The van der Waals surface area contributed by atoms with Gasteiger partial charge in [0.15, 0.2) is 0 Å². The van der Waals surface area contributed by atoms with Gasteiger partial charge in [-0.25, -0.2) is 4.98 Å². The molecule has 1 atom stereocenters. The minimum atomic E-state index is -0.254. The Labute approximate surface area is 133 Å². The van der Waals surface area contributed by atoms with Crippen molar-refractivity contribution in [2.24, 2.45) is 0 Å². The summed E-state index contributed by atoms with van der Waals surface area (Å²) in [6, 6.07) is 6.11. The number of benzene rings is 1. The number of hydrogen-bond acceptors (Lipinski definition) is 2. The number of alkyl halides is 1. The number of nitrogens with zero attached hydrogens (tertiary/aromatic N) is 2. The van der Waals surface area contributed by atoms with Crippen molar-refractivity contribution in [1.82, 2.24) is 9.55 Å². The van der Waals surface area contributed by atoms with Crippen LogP contribution in [0.4, 0.5) is 0 Å². The van der Waals surface area contributed by atoms with Crippen LogP contribution >= 0.6 is 27.5 Å². The summed E-state index contributed by atoms with van der Waals surface area (Å²) in [5.41, 5.74) is 1.79. The molecule has 0 radical (unpaired) electrons. The predicted molar refractivity (Wildman–Crippen MR) is 87.4 cm³/mol. The third-order valence-electron chi connectivity index (χ3n) is 3.17. The van der Waals surface area contributed by atoms with E-state index in [-0.39, 0.29) is 11.0 Å². The largest absolute Gasteiger partial charge is 0.374 e. The van der Waals surface area contributed by atoms with Crippen LogP contribution in [-0.4, -0.2) is 21.8 Å². The average molecular weight is 360 g/mol. The number of ether oxygens (including phenoxy) is 1. The number of fused-ring (bicyclic) bond motifs is 1. The fourth-order valence-corrected chi connectivity index (χ4v) is 2.92. The number of hydrogen-bond donors (Lipinski definition) is 0. The molecule has 0 fully saturated rings. The summed E-state index contributed by atoms with van der Waals surface area (Å²) in [6.45, 7) is 9.55. The van der Waals surface area contributed by atoms with E-state index in [4.69, 9.17) is 16.3 Å². The molecule has 0 aliphatic rings. The van der Waals surface area contributed by atoms with Gasteiger partial charge in [-0.15, -0.1) is 11.6 Å². The Bertz CT molecular complexity index is 607. The lowest BCUT2D eigenvalue weighted by molar-refractivity contribution is -0.0221. The highest BCUT2D eigenvalue weighted by molar-refractivity contribution is 9.10. The zero-order chi connectivity index (χ0) is 14.9. The van der Waals surface area contributed by atoms with Crippen LogP contribution in [0.25, 0.3) is 11.0 Å². The predicted octanol–water partition coefficient (Wildman–Crippen LogP) is 4.91. The van der Waals surface area contributed by atoms with E-state index in [1.165, 1.54) is 0 Å². The lowest BCUT2D eigenvalue weighted by Crippen LogP contribution is -2.31. The van der Waals surface area contributed by atoms with Crippen LogP contribution in [0.15, 0.2) is 22.7 Å². The van der Waals surface area contributed by atoms with E-state index in [2.05, 4.69) is 45.4 Å². The summed E-state index contributed by atoms with van der Waals surface area (Å²) in [6.07, 6.45) is 0. The van der Waals surface area contributed by atoms with Gasteiger partial charge in [0, 0.05) is 11.1 Å². The molecule has 0 saturated heterocycles. The highest BCUT2D eigenvalue weighted by Crippen LogP contribution is 2.28. The van der Waals surface area contributed by atoms with E-state index in [1.807, 2.05) is 26.0 Å². The molecule has 2 rings (SSSR count). The van der Waals surface area contributed by atoms with Crippen molar-refractivity contribution in [3.63, 3.8) is 0 Å². The van der Waals surface area contributed by atoms with Gasteiger partial charge in [0.25, 0.3) is 0 Å². The smallest absolute Gasteiger partial charge is 0.127 e. The first kappa shape index (κ1) is 15.8. The minimum Gasteiger partial charge on any atom is -0.374 e. The normalized spacial score (nSPS) is 13.9. The van der Waals surface area contributed by atoms with Crippen LogP contribution in [-0.2, 0) is 11.3 Å². The molecule has 1 aromatic heterocycles. The van der Waals surface area contributed by atoms with Crippen molar-refractivity contribution < 1.29 is 4.74 Å². The van der Waals surface area contributed by atoms with Gasteiger partial charge in [-0.2, -0.15) is 0 Å². The third-order valence-corrected chi connectivity index (χ3v) is 3.86. The third kappa shape index (κ3) is 3.35. The summed E-state index contributed by atoms with van der Waals surface area (Å²) in [5.74, 6) is 0.882. The van der Waals surface area contributed by atoms with Crippen molar-refractivity contribution in [3.8, 4) is 0 Å². The number of halogens is 2. The molecular formula is C15H20BrClN2O. The Morgan fingerprint density at radius 2 is 2.15 bits per heavy atom. The molecule has 2 aromatic rings. The van der Waals surface area contributed by atoms with Crippen LogP contribution in [0.3, 0.4) is 0 Å². The molecule has 110 valence electrons. The summed E-state index contributed by atoms with van der Waals surface area (Å²) in [7, 11) is 0. The van der Waals surface area contributed by atoms with Crippen molar-refractivity contribution in [2.45, 2.75) is 45.2 Å². The Kier molecular flexibility index (Phi) is 4.77. The Morgan fingerprint density at radius 1 is 1.45 bits per heavy atom. The second-order valence-corrected chi connectivity index (χ2v) is 7.07. The van der Waals surface area contributed by atoms with Gasteiger partial charge >= 0.3 is 0 Å². The maximum absolute atomic E-state index is 6.29. The second-order valence-electron chi connectivity index (χ2n) is 5.50. The molecule has 0 aliphatic heterocycles. The fourth-order valence-electron chi connectivity index (χ4n) is 2.41. The van der Waals surface area contributed by atoms with E-state index in [0.717, 1.165) is 27.9 Å². The Morgan fingerprint density at radius 3 is 2.75 bits per heavy atom. The molecule has 0 N–H and O–H groups in total. The molecule has 3 nitrogen and oxygen atoms in total. The second kappa shape index (κ2) is 6.04. The number of imidazole rings is 1. The van der Waals surface area contributed by atoms with Crippen molar-refractivity contribution in [3.05, 3.63) is 28.5 Å². The minimum absolute atomic E-state index is 0.140. The van der Waals surface area contributed by atoms with E-state index in [1.54, 1.807) is 0 Å². The summed E-state index contributed by atoms with van der Waals surface area (Å²) >= 11 is 9.77. The zero-order valence-electron chi connectivity index (χ0n) is 12.3. The first-order chi connectivity index (χ1) is 9.34. The SMILES string of the molecule is CCOC(C)(C)Cn1c(C(C)Cl)nc2cc(Br)ccc21. The lowest BCUT2D eigenvalue weighted by atomic mass is 10.1. The number of rotatable bonds is 5. The van der Waals surface area contributed by atoms with Crippen LogP contribution in [0, 0.1) is 0 Å². The van der Waals surface area contributed by atoms with Crippen LogP contribution in [0.1, 0.15) is 38.9 Å². The molecule has 20 heavy (non-hydrogen) atoms. The average Bonchev–Trinajstić information content (AvgIpc) is 2.66. The Balaban J connectivity index is 2.51. The van der Waals surface area contributed by atoms with Gasteiger partial charge in [-0.05, 0) is 45.9 Å². The summed E-state index contributed by atoms with van der Waals surface area (Å²) in [4.78, 5) is 4.66. The maximum Gasteiger partial charge on any atom is 0.127 e. The van der Waals surface area contributed by atoms with Gasteiger partial charge in [0.1, 0.15) is 5.82 Å². The van der Waals surface area contributed by atoms with Crippen LogP contribution < -0.4 is 0 Å². The highest BCUT2D eigenvalue weighted by atomic mass is 79.9. The van der Waals surface area contributed by atoms with Crippen molar-refractivity contribution in [1.29, 1.82) is 0 Å². The molecule has 0 aliphatic carbocycles. The van der Waals surface area contributed by atoms with Gasteiger partial charge in [-0.3, -0.25) is 0 Å². The monoisotopic (exact) mass is 358 g/mol. The van der Waals surface area contributed by atoms with Gasteiger partial charge in [-0.1, -0.05) is 15.9 Å². The first-order valence-electron chi connectivity index (χ1n) is 6.78. The highest BCUT2D eigenvalue weighted by Gasteiger charge is 2.23. The van der Waals surface area contributed by atoms with Gasteiger partial charge < -0.3 is 9.30 Å². The first-order valence-corrected chi connectivity index (χ1v) is 8.00. The van der Waals surface area contributed by atoms with Gasteiger partial charge in [0.2, 0.25) is 0 Å². The van der Waals surface area contributed by atoms with E-state index in [9.17, 15) is 0 Å². The number of aromatic nitrogens is 2. The standard InChI is InChI=1S/C15H20BrClN2O/c1-5-20-15(3,4)9-19-13-7-6-11(16)8-12(13)18-14(19)10(2)17/h6-8,10H,5,9H2,1-4H3. The van der Waals surface area contributed by atoms with Crippen molar-refractivity contribution in [2.75, 3.05) is 6.61 Å². The quantitative estimate of drug-likeness (QED) is 0.709. The van der Waals surface area contributed by atoms with Gasteiger partial charge in [0.05, 0.1) is 28.6 Å². The molecule has 0 bridgehead atoms. The van der Waals surface area contributed by atoms with Crippen LogP contribution in [0.2, 0.25) is 0 Å². The van der Waals surface area contributed by atoms with E-state index >= 15 is 0 Å².